The minimum atomic E-state index is -0.0114. The molecule has 0 N–H and O–H groups in total. The highest BCUT2D eigenvalue weighted by Crippen LogP contribution is 2.45. The van der Waals surface area contributed by atoms with Gasteiger partial charge in [-0.2, -0.15) is 0 Å². The standard InChI is InChI=1S/C60H42BN5/c1-39-35-48-54(64(41-19-7-3-8-20-41)42-21-9-4-10-22-42)33-31-50-59(48)62(39)56-37-45(66-52-29-17-15-27-46(52)47-28-16-18-30-53(47)66)38-57-58(56)61(50)51-32-34-55(49-36-40(2)63(57)60(49)51)65(43-23-11-5-12-24-43)44-25-13-6-14-26-44/h3-38H,1-2H3. The van der Waals surface area contributed by atoms with Crippen LogP contribution in [0.4, 0.5) is 34.1 Å². The van der Waals surface area contributed by atoms with Gasteiger partial charge >= 0.3 is 0 Å². The first-order valence-corrected chi connectivity index (χ1v) is 22.9. The third-order valence-electron chi connectivity index (χ3n) is 14.2. The van der Waals surface area contributed by atoms with Gasteiger partial charge < -0.3 is 23.5 Å². The lowest BCUT2D eigenvalue weighted by Crippen LogP contribution is -2.59. The van der Waals surface area contributed by atoms with Gasteiger partial charge in [0.2, 0.25) is 0 Å². The van der Waals surface area contributed by atoms with Gasteiger partial charge in [0, 0.05) is 67.1 Å². The van der Waals surface area contributed by atoms with E-state index in [9.17, 15) is 0 Å². The van der Waals surface area contributed by atoms with E-state index in [-0.39, 0.29) is 6.71 Å². The number of para-hydroxylation sites is 6. The molecule has 0 spiro atoms. The average Bonchev–Trinajstić information content (AvgIpc) is 4.03. The first-order chi connectivity index (χ1) is 32.6. The third-order valence-corrected chi connectivity index (χ3v) is 14.2. The van der Waals surface area contributed by atoms with Crippen LogP contribution in [0.3, 0.4) is 0 Å². The van der Waals surface area contributed by atoms with E-state index in [1.807, 2.05) is 0 Å². The molecule has 12 aromatic rings. The molecule has 2 aliphatic heterocycles. The molecule has 5 nitrogen and oxygen atoms in total. The number of benzene rings is 9. The molecule has 9 aromatic carbocycles. The van der Waals surface area contributed by atoms with Crippen molar-refractivity contribution in [3.8, 4) is 17.1 Å². The van der Waals surface area contributed by atoms with Gasteiger partial charge in [0.1, 0.15) is 0 Å². The summed E-state index contributed by atoms with van der Waals surface area (Å²) in [5, 5.41) is 4.98. The van der Waals surface area contributed by atoms with Crippen LogP contribution in [0, 0.1) is 13.8 Å². The fourth-order valence-corrected chi connectivity index (χ4v) is 11.6. The van der Waals surface area contributed by atoms with Crippen molar-refractivity contribution in [3.05, 3.63) is 230 Å². The van der Waals surface area contributed by atoms with E-state index < -0.39 is 0 Å². The second-order valence-electron chi connectivity index (χ2n) is 17.8. The number of anilines is 6. The zero-order valence-electron chi connectivity index (χ0n) is 36.6. The van der Waals surface area contributed by atoms with Crippen molar-refractivity contribution in [2.45, 2.75) is 13.8 Å². The van der Waals surface area contributed by atoms with Crippen molar-refractivity contribution in [2.24, 2.45) is 0 Å². The zero-order valence-corrected chi connectivity index (χ0v) is 36.6. The minimum absolute atomic E-state index is 0.0114. The van der Waals surface area contributed by atoms with Crippen molar-refractivity contribution >= 4 is 101 Å². The maximum atomic E-state index is 2.57. The van der Waals surface area contributed by atoms with Gasteiger partial charge in [-0.05, 0) is 127 Å². The Bertz CT molecular complexity index is 3580. The summed E-state index contributed by atoms with van der Waals surface area (Å²) in [4.78, 5) is 4.84. The van der Waals surface area contributed by atoms with Crippen molar-refractivity contribution in [1.29, 1.82) is 0 Å². The topological polar surface area (TPSA) is 21.3 Å². The predicted molar refractivity (Wildman–Crippen MR) is 278 cm³/mol. The molecule has 0 fully saturated rings. The van der Waals surface area contributed by atoms with E-state index in [2.05, 4.69) is 256 Å². The molecule has 0 bridgehead atoms. The van der Waals surface area contributed by atoms with Crippen LogP contribution in [0.1, 0.15) is 11.4 Å². The zero-order chi connectivity index (χ0) is 43.6. The molecule has 0 aliphatic carbocycles. The summed E-state index contributed by atoms with van der Waals surface area (Å²) in [7, 11) is 0. The molecule has 0 atom stereocenters. The first-order valence-electron chi connectivity index (χ1n) is 22.9. The molecule has 0 radical (unpaired) electrons. The number of fused-ring (bicyclic) bond motifs is 7. The summed E-state index contributed by atoms with van der Waals surface area (Å²) in [6, 6.07) is 80.3. The number of hydrogen-bond donors (Lipinski definition) is 0. The van der Waals surface area contributed by atoms with Gasteiger partial charge in [0.25, 0.3) is 6.71 Å². The molecular formula is C60H42BN5. The molecule has 2 aliphatic rings. The van der Waals surface area contributed by atoms with Crippen LogP contribution in [-0.2, 0) is 0 Å². The summed E-state index contributed by atoms with van der Waals surface area (Å²) in [6.45, 7) is 4.56. The molecule has 3 aromatic heterocycles. The maximum absolute atomic E-state index is 2.57. The Hall–Kier alpha value is -8.48. The molecule has 0 saturated carbocycles. The molecule has 14 rings (SSSR count). The van der Waals surface area contributed by atoms with Crippen LogP contribution >= 0.6 is 0 Å². The van der Waals surface area contributed by atoms with E-state index in [0.717, 1.165) is 39.8 Å². The predicted octanol–water partition coefficient (Wildman–Crippen LogP) is 13.4. The summed E-state index contributed by atoms with van der Waals surface area (Å²) < 4.78 is 7.62. The van der Waals surface area contributed by atoms with E-state index in [1.165, 1.54) is 82.8 Å². The SMILES string of the molecule is Cc1cc2c(N(c3ccccc3)c3ccccc3)ccc3c2n1-c1cc(-n2c4ccccc4c4ccccc42)cc2c1B3c1ccc(N(c3ccccc3)c3ccccc3)c3cc(C)n-2c13. The van der Waals surface area contributed by atoms with Gasteiger partial charge in [0.05, 0.1) is 39.1 Å². The fourth-order valence-electron chi connectivity index (χ4n) is 11.6. The number of aromatic nitrogens is 3. The molecular weight excluding hydrogens is 802 g/mol. The van der Waals surface area contributed by atoms with Gasteiger partial charge in [-0.15, -0.1) is 0 Å². The Kier molecular flexibility index (Phi) is 7.84. The summed E-state index contributed by atoms with van der Waals surface area (Å²) in [5.41, 5.74) is 21.7. The van der Waals surface area contributed by atoms with Crippen molar-refractivity contribution in [2.75, 3.05) is 9.80 Å². The molecule has 310 valence electrons. The van der Waals surface area contributed by atoms with Crippen molar-refractivity contribution in [3.63, 3.8) is 0 Å². The van der Waals surface area contributed by atoms with Crippen molar-refractivity contribution < 1.29 is 0 Å². The summed E-state index contributed by atoms with van der Waals surface area (Å²) >= 11 is 0. The minimum Gasteiger partial charge on any atom is -0.315 e. The molecule has 5 heterocycles. The van der Waals surface area contributed by atoms with E-state index >= 15 is 0 Å². The lowest BCUT2D eigenvalue weighted by molar-refractivity contribution is 1.02. The second kappa shape index (κ2) is 14.0. The highest BCUT2D eigenvalue weighted by Gasteiger charge is 2.42. The van der Waals surface area contributed by atoms with Crippen LogP contribution in [0.15, 0.2) is 218 Å². The van der Waals surface area contributed by atoms with Crippen LogP contribution in [0.5, 0.6) is 0 Å². The van der Waals surface area contributed by atoms with Crippen LogP contribution < -0.4 is 26.2 Å². The molecule has 0 saturated heterocycles. The lowest BCUT2D eigenvalue weighted by Gasteiger charge is -2.36. The molecule has 66 heavy (non-hydrogen) atoms. The largest absolute Gasteiger partial charge is 0.315 e. The fraction of sp³-hybridized carbons (Fsp3) is 0.0333. The van der Waals surface area contributed by atoms with Crippen LogP contribution in [0.2, 0.25) is 0 Å². The summed E-state index contributed by atoms with van der Waals surface area (Å²) in [5.74, 6) is 0. The number of aryl methyl sites for hydroxylation is 2. The Labute approximate surface area is 383 Å². The number of rotatable bonds is 7. The highest BCUT2D eigenvalue weighted by atomic mass is 15.2. The number of hydrogen-bond acceptors (Lipinski definition) is 2. The maximum Gasteiger partial charge on any atom is 0.252 e. The number of nitrogens with zero attached hydrogens (tertiary/aromatic N) is 5. The Morgan fingerprint density at radius 3 is 1.11 bits per heavy atom. The first kappa shape index (κ1) is 37.0. The quantitative estimate of drug-likeness (QED) is 0.149. The van der Waals surface area contributed by atoms with Gasteiger partial charge in [0.15, 0.2) is 0 Å². The van der Waals surface area contributed by atoms with E-state index in [0.29, 0.717) is 0 Å². The smallest absolute Gasteiger partial charge is 0.252 e. The lowest BCUT2D eigenvalue weighted by atomic mass is 9.34. The molecule has 0 amide bonds. The normalized spacial score (nSPS) is 12.4. The van der Waals surface area contributed by atoms with Gasteiger partial charge in [-0.3, -0.25) is 0 Å². The van der Waals surface area contributed by atoms with Gasteiger partial charge in [-0.1, -0.05) is 121 Å². The molecule has 0 unspecified atom stereocenters. The Balaban J connectivity index is 1.10. The van der Waals surface area contributed by atoms with Gasteiger partial charge in [-0.25, -0.2) is 0 Å². The average molecular weight is 844 g/mol. The Morgan fingerprint density at radius 2 is 0.712 bits per heavy atom. The van der Waals surface area contributed by atoms with Crippen LogP contribution in [0.25, 0.3) is 60.7 Å². The Morgan fingerprint density at radius 1 is 0.348 bits per heavy atom. The molecule has 6 heteroatoms. The van der Waals surface area contributed by atoms with E-state index in [4.69, 9.17) is 0 Å². The highest BCUT2D eigenvalue weighted by molar-refractivity contribution is 7.00. The second-order valence-corrected chi connectivity index (χ2v) is 17.8. The monoisotopic (exact) mass is 843 g/mol. The van der Waals surface area contributed by atoms with E-state index in [1.54, 1.807) is 0 Å². The summed E-state index contributed by atoms with van der Waals surface area (Å²) in [6.07, 6.45) is 0. The van der Waals surface area contributed by atoms with Crippen LogP contribution in [-0.4, -0.2) is 20.4 Å². The van der Waals surface area contributed by atoms with Crippen molar-refractivity contribution in [1.82, 2.24) is 13.7 Å². The third kappa shape index (κ3) is 5.12.